The zero-order valence-corrected chi connectivity index (χ0v) is 10.0. The Hall–Kier alpha value is -1.36. The third kappa shape index (κ3) is 4.02. The predicted octanol–water partition coefficient (Wildman–Crippen LogP) is 0.691. The largest absolute Gasteiger partial charge is 0.481 e. The van der Waals surface area contributed by atoms with E-state index in [9.17, 15) is 4.79 Å². The second-order valence-electron chi connectivity index (χ2n) is 3.20. The molecule has 1 heterocycles. The molecule has 16 heavy (non-hydrogen) atoms. The summed E-state index contributed by atoms with van der Waals surface area (Å²) in [5.41, 5.74) is 0.838. The first kappa shape index (κ1) is 12.7. The van der Waals surface area contributed by atoms with Gasteiger partial charge in [0.25, 0.3) is 0 Å². The summed E-state index contributed by atoms with van der Waals surface area (Å²) >= 11 is 5.34. The molecule has 1 aromatic heterocycles. The number of nitrogens with zero attached hydrogens (tertiary/aromatic N) is 2. The minimum atomic E-state index is -0.193. The van der Waals surface area contributed by atoms with Gasteiger partial charge in [0.15, 0.2) is 0 Å². The first-order valence-electron chi connectivity index (χ1n) is 4.87. The summed E-state index contributed by atoms with van der Waals surface area (Å²) < 4.78 is 5.02. The highest BCUT2D eigenvalue weighted by molar-refractivity contribution is 6.27. The summed E-state index contributed by atoms with van der Waals surface area (Å²) in [5, 5.41) is 2.65. The summed E-state index contributed by atoms with van der Waals surface area (Å²) in [6.07, 6.45) is 0.556. The van der Waals surface area contributed by atoms with Gasteiger partial charge < -0.3 is 10.1 Å². The smallest absolute Gasteiger partial charge is 0.234 e. The van der Waals surface area contributed by atoms with E-state index >= 15 is 0 Å². The zero-order chi connectivity index (χ0) is 12.0. The fourth-order valence-corrected chi connectivity index (χ4v) is 1.27. The van der Waals surface area contributed by atoms with Gasteiger partial charge in [0.1, 0.15) is 11.7 Å². The van der Waals surface area contributed by atoms with Crippen molar-refractivity contribution in [3.05, 3.63) is 17.6 Å². The van der Waals surface area contributed by atoms with Crippen molar-refractivity contribution in [3.63, 3.8) is 0 Å². The third-order valence-electron chi connectivity index (χ3n) is 1.88. The molecule has 0 aliphatic heterocycles. The van der Waals surface area contributed by atoms with E-state index in [2.05, 4.69) is 15.3 Å². The van der Waals surface area contributed by atoms with Crippen molar-refractivity contribution in [2.24, 2.45) is 0 Å². The maximum Gasteiger partial charge on any atom is 0.234 e. The third-order valence-corrected chi connectivity index (χ3v) is 2.12. The van der Waals surface area contributed by atoms with Crippen LogP contribution in [0.1, 0.15) is 11.5 Å². The Labute approximate surface area is 99.2 Å². The molecule has 88 valence electrons. The molecule has 0 spiro atoms. The monoisotopic (exact) mass is 243 g/mol. The molecule has 0 atom stereocenters. The minimum absolute atomic E-state index is 0.0298. The number of rotatable bonds is 5. The van der Waals surface area contributed by atoms with Crippen LogP contribution in [0, 0.1) is 6.92 Å². The number of aromatic nitrogens is 2. The lowest BCUT2D eigenvalue weighted by atomic mass is 10.3. The Morgan fingerprint density at radius 3 is 2.94 bits per heavy atom. The summed E-state index contributed by atoms with van der Waals surface area (Å²) in [4.78, 5) is 19.3. The number of hydrogen-bond acceptors (Lipinski definition) is 4. The average Bonchev–Trinajstić information content (AvgIpc) is 2.28. The SMILES string of the molecule is COc1cc(C)nc(CCNC(=O)CCl)n1. The lowest BCUT2D eigenvalue weighted by Crippen LogP contribution is -2.27. The van der Waals surface area contributed by atoms with E-state index in [1.54, 1.807) is 13.2 Å². The molecule has 0 aliphatic rings. The lowest BCUT2D eigenvalue weighted by molar-refractivity contribution is -0.118. The van der Waals surface area contributed by atoms with Crippen LogP contribution in [-0.2, 0) is 11.2 Å². The molecule has 1 rings (SSSR count). The zero-order valence-electron chi connectivity index (χ0n) is 9.29. The molecule has 0 unspecified atom stereocenters. The molecular formula is C10H14ClN3O2. The number of halogens is 1. The van der Waals surface area contributed by atoms with Crippen molar-refractivity contribution in [1.29, 1.82) is 0 Å². The lowest BCUT2D eigenvalue weighted by Gasteiger charge is -2.05. The van der Waals surface area contributed by atoms with Crippen molar-refractivity contribution in [3.8, 4) is 5.88 Å². The fourth-order valence-electron chi connectivity index (χ4n) is 1.18. The molecule has 0 radical (unpaired) electrons. The fraction of sp³-hybridized carbons (Fsp3) is 0.500. The van der Waals surface area contributed by atoms with Gasteiger partial charge in [-0.2, -0.15) is 4.98 Å². The Morgan fingerprint density at radius 1 is 1.56 bits per heavy atom. The van der Waals surface area contributed by atoms with E-state index in [4.69, 9.17) is 16.3 Å². The minimum Gasteiger partial charge on any atom is -0.481 e. The van der Waals surface area contributed by atoms with Crippen LogP contribution < -0.4 is 10.1 Å². The normalized spacial score (nSPS) is 9.94. The van der Waals surface area contributed by atoms with Gasteiger partial charge in [-0.15, -0.1) is 11.6 Å². The van der Waals surface area contributed by atoms with E-state index in [1.807, 2.05) is 6.92 Å². The van der Waals surface area contributed by atoms with Crippen molar-refractivity contribution < 1.29 is 9.53 Å². The maximum absolute atomic E-state index is 10.9. The van der Waals surface area contributed by atoms with Crippen molar-refractivity contribution in [2.75, 3.05) is 19.5 Å². The van der Waals surface area contributed by atoms with Gasteiger partial charge in [0.05, 0.1) is 7.11 Å². The number of amides is 1. The highest BCUT2D eigenvalue weighted by atomic mass is 35.5. The molecule has 1 amide bonds. The van der Waals surface area contributed by atoms with Crippen LogP contribution in [0.5, 0.6) is 5.88 Å². The Morgan fingerprint density at radius 2 is 2.31 bits per heavy atom. The van der Waals surface area contributed by atoms with Gasteiger partial charge >= 0.3 is 0 Å². The summed E-state index contributed by atoms with van der Waals surface area (Å²) in [6.45, 7) is 2.34. The quantitative estimate of drug-likeness (QED) is 0.773. The maximum atomic E-state index is 10.9. The molecule has 0 aromatic carbocycles. The second-order valence-corrected chi connectivity index (χ2v) is 3.47. The number of carbonyl (C=O) groups excluding carboxylic acids is 1. The molecule has 0 saturated carbocycles. The predicted molar refractivity (Wildman–Crippen MR) is 60.8 cm³/mol. The van der Waals surface area contributed by atoms with Gasteiger partial charge in [0.2, 0.25) is 11.8 Å². The molecular weight excluding hydrogens is 230 g/mol. The number of methoxy groups -OCH3 is 1. The van der Waals surface area contributed by atoms with Gasteiger partial charge in [-0.3, -0.25) is 4.79 Å². The Balaban J connectivity index is 2.53. The number of alkyl halides is 1. The van der Waals surface area contributed by atoms with Gasteiger partial charge in [-0.05, 0) is 6.92 Å². The molecule has 1 aromatic rings. The van der Waals surface area contributed by atoms with E-state index in [-0.39, 0.29) is 11.8 Å². The number of aryl methyl sites for hydroxylation is 1. The number of nitrogens with one attached hydrogen (secondary N) is 1. The molecule has 0 fully saturated rings. The van der Waals surface area contributed by atoms with Gasteiger partial charge in [0, 0.05) is 24.7 Å². The van der Waals surface area contributed by atoms with E-state index in [0.717, 1.165) is 5.69 Å². The topological polar surface area (TPSA) is 64.1 Å². The molecule has 1 N–H and O–H groups in total. The summed E-state index contributed by atoms with van der Waals surface area (Å²) in [5.74, 6) is 0.956. The molecule has 5 nitrogen and oxygen atoms in total. The van der Waals surface area contributed by atoms with E-state index < -0.39 is 0 Å². The molecule has 0 aliphatic carbocycles. The van der Waals surface area contributed by atoms with Crippen molar-refractivity contribution in [1.82, 2.24) is 15.3 Å². The van der Waals surface area contributed by atoms with Crippen molar-refractivity contribution >= 4 is 17.5 Å². The van der Waals surface area contributed by atoms with E-state index in [1.165, 1.54) is 0 Å². The molecule has 6 heteroatoms. The molecule has 0 bridgehead atoms. The van der Waals surface area contributed by atoms with E-state index in [0.29, 0.717) is 24.7 Å². The van der Waals surface area contributed by atoms with Crippen LogP contribution in [0.3, 0.4) is 0 Å². The van der Waals surface area contributed by atoms with Crippen LogP contribution in [0.2, 0.25) is 0 Å². The standard InChI is InChI=1S/C10H14ClN3O2/c1-7-5-10(16-2)14-8(13-7)3-4-12-9(15)6-11/h5H,3-4,6H2,1-2H3,(H,12,15). The highest BCUT2D eigenvalue weighted by Crippen LogP contribution is 2.07. The number of hydrogen-bond donors (Lipinski definition) is 1. The Kier molecular flexibility index (Phi) is 4.98. The van der Waals surface area contributed by atoms with Crippen LogP contribution in [0.25, 0.3) is 0 Å². The second kappa shape index (κ2) is 6.27. The first-order valence-corrected chi connectivity index (χ1v) is 5.40. The van der Waals surface area contributed by atoms with Crippen LogP contribution >= 0.6 is 11.6 Å². The summed E-state index contributed by atoms with van der Waals surface area (Å²) in [6, 6.07) is 1.75. The van der Waals surface area contributed by atoms with Crippen molar-refractivity contribution in [2.45, 2.75) is 13.3 Å². The highest BCUT2D eigenvalue weighted by Gasteiger charge is 2.03. The van der Waals surface area contributed by atoms with Crippen LogP contribution in [0.15, 0.2) is 6.07 Å². The van der Waals surface area contributed by atoms with Crippen LogP contribution in [-0.4, -0.2) is 35.4 Å². The van der Waals surface area contributed by atoms with Gasteiger partial charge in [-0.25, -0.2) is 4.98 Å². The first-order chi connectivity index (χ1) is 7.65. The Bertz CT molecular complexity index is 371. The summed E-state index contributed by atoms with van der Waals surface area (Å²) in [7, 11) is 1.56. The number of carbonyl (C=O) groups is 1. The number of ether oxygens (including phenoxy) is 1. The molecule has 0 saturated heterocycles. The average molecular weight is 244 g/mol. The van der Waals surface area contributed by atoms with Crippen LogP contribution in [0.4, 0.5) is 0 Å². The van der Waals surface area contributed by atoms with Gasteiger partial charge in [-0.1, -0.05) is 0 Å².